The van der Waals surface area contributed by atoms with Crippen LogP contribution in [0, 0.1) is 0 Å². The maximum atomic E-state index is 12.5. The van der Waals surface area contributed by atoms with Crippen LogP contribution >= 0.6 is 0 Å². The van der Waals surface area contributed by atoms with Gasteiger partial charge in [0.1, 0.15) is 5.75 Å². The lowest BCUT2D eigenvalue weighted by Crippen LogP contribution is -2.12. The molecule has 1 aliphatic heterocycles. The zero-order valence-electron chi connectivity index (χ0n) is 11.3. The van der Waals surface area contributed by atoms with Crippen molar-refractivity contribution in [2.24, 2.45) is 0 Å². The third-order valence-electron chi connectivity index (χ3n) is 3.79. The quantitative estimate of drug-likeness (QED) is 0.755. The zero-order valence-corrected chi connectivity index (χ0v) is 11.3. The largest absolute Gasteiger partial charge is 0.493 e. The minimum atomic E-state index is -0.0981. The Balaban J connectivity index is 1.65. The highest BCUT2D eigenvalue weighted by Crippen LogP contribution is 2.28. The van der Waals surface area contributed by atoms with Crippen LogP contribution in [0.25, 0.3) is 10.9 Å². The first-order valence-electron chi connectivity index (χ1n) is 6.94. The van der Waals surface area contributed by atoms with Crippen LogP contribution in [0.4, 0.5) is 5.69 Å². The SMILES string of the molecule is O=C(Nc1ccc2c(c1)CCO2)c1cccc2[nH]ccc12. The summed E-state index contributed by atoms with van der Waals surface area (Å²) < 4.78 is 5.47. The van der Waals surface area contributed by atoms with Gasteiger partial charge in [-0.3, -0.25) is 4.79 Å². The summed E-state index contributed by atoms with van der Waals surface area (Å²) >= 11 is 0. The number of anilines is 1. The normalized spacial score (nSPS) is 13.0. The van der Waals surface area contributed by atoms with Gasteiger partial charge in [-0.1, -0.05) is 6.07 Å². The van der Waals surface area contributed by atoms with Gasteiger partial charge in [-0.25, -0.2) is 0 Å². The van der Waals surface area contributed by atoms with Gasteiger partial charge in [0.05, 0.1) is 6.61 Å². The molecule has 1 amide bonds. The second-order valence-electron chi connectivity index (χ2n) is 5.12. The molecule has 104 valence electrons. The molecule has 0 atom stereocenters. The predicted molar refractivity (Wildman–Crippen MR) is 81.9 cm³/mol. The molecular weight excluding hydrogens is 264 g/mol. The first kappa shape index (κ1) is 12.0. The van der Waals surface area contributed by atoms with Crippen LogP contribution in [0.5, 0.6) is 5.75 Å². The van der Waals surface area contributed by atoms with Crippen molar-refractivity contribution in [2.75, 3.05) is 11.9 Å². The van der Waals surface area contributed by atoms with E-state index in [4.69, 9.17) is 4.74 Å². The van der Waals surface area contributed by atoms with E-state index in [0.29, 0.717) is 5.56 Å². The molecule has 0 fully saturated rings. The summed E-state index contributed by atoms with van der Waals surface area (Å²) in [4.78, 5) is 15.6. The van der Waals surface area contributed by atoms with Crippen molar-refractivity contribution in [3.63, 3.8) is 0 Å². The number of hydrogen-bond donors (Lipinski definition) is 2. The minimum Gasteiger partial charge on any atom is -0.493 e. The molecule has 0 bridgehead atoms. The molecule has 1 aromatic heterocycles. The number of nitrogens with one attached hydrogen (secondary N) is 2. The highest BCUT2D eigenvalue weighted by molar-refractivity contribution is 6.12. The fraction of sp³-hybridized carbons (Fsp3) is 0.118. The molecule has 3 aromatic rings. The minimum absolute atomic E-state index is 0.0981. The number of fused-ring (bicyclic) bond motifs is 2. The van der Waals surface area contributed by atoms with E-state index in [-0.39, 0.29) is 5.91 Å². The Morgan fingerprint density at radius 3 is 3.10 bits per heavy atom. The number of ether oxygens (including phenoxy) is 1. The summed E-state index contributed by atoms with van der Waals surface area (Å²) in [6.07, 6.45) is 2.74. The molecular formula is C17H14N2O2. The fourth-order valence-corrected chi connectivity index (χ4v) is 2.75. The van der Waals surface area contributed by atoms with Gasteiger partial charge in [-0.15, -0.1) is 0 Å². The Morgan fingerprint density at radius 1 is 1.19 bits per heavy atom. The van der Waals surface area contributed by atoms with Crippen LogP contribution in [0.2, 0.25) is 0 Å². The second-order valence-corrected chi connectivity index (χ2v) is 5.12. The lowest BCUT2D eigenvalue weighted by atomic mass is 10.1. The smallest absolute Gasteiger partial charge is 0.256 e. The summed E-state index contributed by atoms with van der Waals surface area (Å²) in [5.41, 5.74) is 3.58. The molecule has 2 heterocycles. The Kier molecular flexibility index (Phi) is 2.67. The molecule has 0 radical (unpaired) electrons. The van der Waals surface area contributed by atoms with Crippen LogP contribution in [0.1, 0.15) is 15.9 Å². The van der Waals surface area contributed by atoms with Crippen molar-refractivity contribution in [3.8, 4) is 5.75 Å². The summed E-state index contributed by atoms with van der Waals surface area (Å²) in [7, 11) is 0. The molecule has 2 aromatic carbocycles. The monoisotopic (exact) mass is 278 g/mol. The first-order chi connectivity index (χ1) is 10.3. The van der Waals surface area contributed by atoms with Gasteiger partial charge < -0.3 is 15.0 Å². The Morgan fingerprint density at radius 2 is 2.14 bits per heavy atom. The maximum absolute atomic E-state index is 12.5. The molecule has 4 nitrogen and oxygen atoms in total. The molecule has 0 saturated carbocycles. The number of aromatic amines is 1. The maximum Gasteiger partial charge on any atom is 0.256 e. The number of aromatic nitrogens is 1. The first-order valence-corrected chi connectivity index (χ1v) is 6.94. The molecule has 0 unspecified atom stereocenters. The lowest BCUT2D eigenvalue weighted by Gasteiger charge is -2.08. The summed E-state index contributed by atoms with van der Waals surface area (Å²) in [6, 6.07) is 13.4. The fourth-order valence-electron chi connectivity index (χ4n) is 2.75. The molecule has 21 heavy (non-hydrogen) atoms. The molecule has 2 N–H and O–H groups in total. The lowest BCUT2D eigenvalue weighted by molar-refractivity contribution is 0.102. The number of hydrogen-bond acceptors (Lipinski definition) is 2. The van der Waals surface area contributed by atoms with E-state index in [1.54, 1.807) is 0 Å². The summed E-state index contributed by atoms with van der Waals surface area (Å²) in [5.74, 6) is 0.819. The van der Waals surface area contributed by atoms with Crippen molar-refractivity contribution in [1.82, 2.24) is 4.98 Å². The predicted octanol–water partition coefficient (Wildman–Crippen LogP) is 3.36. The van der Waals surface area contributed by atoms with Crippen molar-refractivity contribution in [1.29, 1.82) is 0 Å². The van der Waals surface area contributed by atoms with Gasteiger partial charge in [-0.2, -0.15) is 0 Å². The van der Waals surface area contributed by atoms with Crippen LogP contribution < -0.4 is 10.1 Å². The highest BCUT2D eigenvalue weighted by Gasteiger charge is 2.14. The van der Waals surface area contributed by atoms with Crippen molar-refractivity contribution < 1.29 is 9.53 Å². The molecule has 0 spiro atoms. The Hall–Kier alpha value is -2.75. The van der Waals surface area contributed by atoms with Gasteiger partial charge >= 0.3 is 0 Å². The van der Waals surface area contributed by atoms with E-state index in [2.05, 4.69) is 10.3 Å². The van der Waals surface area contributed by atoms with Gasteiger partial charge in [0.2, 0.25) is 0 Å². The van der Waals surface area contributed by atoms with E-state index in [1.165, 1.54) is 0 Å². The number of H-pyrrole nitrogens is 1. The van der Waals surface area contributed by atoms with Crippen molar-refractivity contribution in [3.05, 3.63) is 59.8 Å². The second kappa shape index (κ2) is 4.66. The van der Waals surface area contributed by atoms with Crippen LogP contribution in [-0.2, 0) is 6.42 Å². The van der Waals surface area contributed by atoms with Gasteiger partial charge in [0.15, 0.2) is 0 Å². The summed E-state index contributed by atoms with van der Waals surface area (Å²) in [5, 5.41) is 3.89. The zero-order chi connectivity index (χ0) is 14.2. The molecule has 4 rings (SSSR count). The number of carbonyl (C=O) groups is 1. The van der Waals surface area contributed by atoms with E-state index < -0.39 is 0 Å². The molecule has 4 heteroatoms. The Labute approximate surface area is 121 Å². The third-order valence-corrected chi connectivity index (χ3v) is 3.79. The standard InChI is InChI=1S/C17H14N2O2/c20-17(14-2-1-3-15-13(14)6-8-18-15)19-12-4-5-16-11(10-12)7-9-21-16/h1-6,8,10,18H,7,9H2,(H,19,20). The van der Waals surface area contributed by atoms with Gasteiger partial charge in [0, 0.05) is 34.8 Å². The molecule has 1 aliphatic rings. The summed E-state index contributed by atoms with van der Waals surface area (Å²) in [6.45, 7) is 0.718. The topological polar surface area (TPSA) is 54.1 Å². The number of rotatable bonds is 2. The van der Waals surface area contributed by atoms with E-state index in [0.717, 1.165) is 40.9 Å². The highest BCUT2D eigenvalue weighted by atomic mass is 16.5. The van der Waals surface area contributed by atoms with Crippen LogP contribution in [0.3, 0.4) is 0 Å². The van der Waals surface area contributed by atoms with Gasteiger partial charge in [0.25, 0.3) is 5.91 Å². The number of benzene rings is 2. The van der Waals surface area contributed by atoms with Crippen molar-refractivity contribution >= 4 is 22.5 Å². The van der Waals surface area contributed by atoms with Crippen LogP contribution in [0.15, 0.2) is 48.7 Å². The van der Waals surface area contributed by atoms with Gasteiger partial charge in [-0.05, 0) is 42.0 Å². The average molecular weight is 278 g/mol. The molecule has 0 aliphatic carbocycles. The van der Waals surface area contributed by atoms with Crippen molar-refractivity contribution in [2.45, 2.75) is 6.42 Å². The molecule has 0 saturated heterocycles. The third kappa shape index (κ3) is 2.05. The van der Waals surface area contributed by atoms with E-state index in [9.17, 15) is 4.79 Å². The number of amides is 1. The van der Waals surface area contributed by atoms with E-state index >= 15 is 0 Å². The van der Waals surface area contributed by atoms with Crippen LogP contribution in [-0.4, -0.2) is 17.5 Å². The number of carbonyl (C=O) groups excluding carboxylic acids is 1. The average Bonchev–Trinajstić information content (AvgIpc) is 3.14. The Bertz CT molecular complexity index is 836. The van der Waals surface area contributed by atoms with E-state index in [1.807, 2.05) is 48.7 Å².